The standard InChI is InChI=1S/C27H18FNO5/c1-14-9-11-15(12-10-14)22-20-21(26(33)29(25(20)32)17-6-4-5-16(28)13-17)27(34-22)23(30)18-7-2-3-8-19(18)24(27)31/h2-13,20-22H,1H3/t20-,21+,22-/m1/s1. The fraction of sp³-hybridized carbons (Fsp3) is 0.185. The van der Waals surface area contributed by atoms with Crippen LogP contribution >= 0.6 is 0 Å². The highest BCUT2D eigenvalue weighted by Crippen LogP contribution is 2.57. The fourth-order valence-electron chi connectivity index (χ4n) is 5.44. The highest BCUT2D eigenvalue weighted by Gasteiger charge is 2.74. The van der Waals surface area contributed by atoms with Gasteiger partial charge < -0.3 is 4.74 Å². The summed E-state index contributed by atoms with van der Waals surface area (Å²) in [6.07, 6.45) is -0.997. The van der Waals surface area contributed by atoms with E-state index in [1.54, 1.807) is 24.3 Å². The molecule has 34 heavy (non-hydrogen) atoms. The minimum atomic E-state index is -2.14. The van der Waals surface area contributed by atoms with E-state index in [1.165, 1.54) is 30.3 Å². The lowest BCUT2D eigenvalue weighted by molar-refractivity contribution is -0.127. The third-order valence-corrected chi connectivity index (χ3v) is 6.99. The molecule has 0 bridgehead atoms. The van der Waals surface area contributed by atoms with Gasteiger partial charge in [0, 0.05) is 11.1 Å². The molecular formula is C27H18FNO5. The first-order valence-electron chi connectivity index (χ1n) is 10.9. The van der Waals surface area contributed by atoms with Gasteiger partial charge in [0.25, 0.3) is 0 Å². The molecule has 0 unspecified atom stereocenters. The average Bonchev–Trinajstić information content (AvgIpc) is 3.40. The molecule has 6 nitrogen and oxygen atoms in total. The van der Waals surface area contributed by atoms with E-state index in [1.807, 2.05) is 19.1 Å². The molecule has 2 fully saturated rings. The molecule has 0 aromatic heterocycles. The maximum atomic E-state index is 14.0. The van der Waals surface area contributed by atoms with E-state index in [2.05, 4.69) is 0 Å². The topological polar surface area (TPSA) is 80.8 Å². The second kappa shape index (κ2) is 7.01. The Kier molecular flexibility index (Phi) is 4.25. The van der Waals surface area contributed by atoms with Crippen molar-refractivity contribution in [3.63, 3.8) is 0 Å². The van der Waals surface area contributed by atoms with Crippen LogP contribution in [0.25, 0.3) is 0 Å². The van der Waals surface area contributed by atoms with Crippen LogP contribution in [-0.2, 0) is 14.3 Å². The van der Waals surface area contributed by atoms with Crippen molar-refractivity contribution < 1.29 is 28.3 Å². The highest BCUT2D eigenvalue weighted by atomic mass is 19.1. The lowest BCUT2D eigenvalue weighted by Gasteiger charge is -2.27. The van der Waals surface area contributed by atoms with Crippen LogP contribution in [0.15, 0.2) is 72.8 Å². The van der Waals surface area contributed by atoms with Crippen LogP contribution in [0.3, 0.4) is 0 Å². The number of ketones is 2. The number of benzene rings is 3. The zero-order valence-electron chi connectivity index (χ0n) is 18.0. The third kappa shape index (κ3) is 2.53. The molecule has 1 aliphatic carbocycles. The number of amides is 2. The van der Waals surface area contributed by atoms with Gasteiger partial charge in [-0.25, -0.2) is 9.29 Å². The normalized spacial score (nSPS) is 24.8. The van der Waals surface area contributed by atoms with Crippen molar-refractivity contribution in [2.75, 3.05) is 4.90 Å². The van der Waals surface area contributed by atoms with Crippen molar-refractivity contribution in [3.05, 3.63) is 101 Å². The van der Waals surface area contributed by atoms with Gasteiger partial charge in [-0.15, -0.1) is 0 Å². The summed E-state index contributed by atoms with van der Waals surface area (Å²) < 4.78 is 20.2. The molecule has 2 amide bonds. The van der Waals surface area contributed by atoms with Gasteiger partial charge in [0.2, 0.25) is 29.0 Å². The van der Waals surface area contributed by atoms with Gasteiger partial charge in [-0.1, -0.05) is 60.2 Å². The Bertz CT molecular complexity index is 1380. The third-order valence-electron chi connectivity index (χ3n) is 6.99. The molecule has 2 aliphatic heterocycles. The van der Waals surface area contributed by atoms with E-state index in [4.69, 9.17) is 4.74 Å². The van der Waals surface area contributed by atoms with Gasteiger partial charge in [0.15, 0.2) is 0 Å². The molecule has 6 rings (SSSR count). The largest absolute Gasteiger partial charge is 0.349 e. The summed E-state index contributed by atoms with van der Waals surface area (Å²) in [5.74, 6) is -5.71. The SMILES string of the molecule is Cc1ccc([C@H]2OC3(C(=O)c4ccccc4C3=O)[C@@H]3C(=O)N(c4cccc(F)c4)C(=O)[C@@H]23)cc1. The molecule has 7 heteroatoms. The summed E-state index contributed by atoms with van der Waals surface area (Å²) in [7, 11) is 0. The van der Waals surface area contributed by atoms with Gasteiger partial charge >= 0.3 is 0 Å². The van der Waals surface area contributed by atoms with Crippen molar-refractivity contribution in [1.29, 1.82) is 0 Å². The van der Waals surface area contributed by atoms with E-state index in [-0.39, 0.29) is 16.8 Å². The van der Waals surface area contributed by atoms with Crippen LogP contribution in [0.5, 0.6) is 0 Å². The predicted octanol–water partition coefficient (Wildman–Crippen LogP) is 3.83. The Balaban J connectivity index is 1.55. The number of carbonyl (C=O) groups excluding carboxylic acids is 4. The number of hydrogen-bond acceptors (Lipinski definition) is 5. The molecule has 3 aromatic rings. The van der Waals surface area contributed by atoms with Crippen molar-refractivity contribution in [2.24, 2.45) is 11.8 Å². The number of hydrogen-bond donors (Lipinski definition) is 0. The van der Waals surface area contributed by atoms with Crippen LogP contribution in [0.2, 0.25) is 0 Å². The first kappa shape index (κ1) is 20.6. The Labute approximate surface area is 193 Å². The summed E-state index contributed by atoms with van der Waals surface area (Å²) in [5.41, 5.74) is -0.198. The molecule has 3 aromatic carbocycles. The molecular weight excluding hydrogens is 437 g/mol. The minimum Gasteiger partial charge on any atom is -0.349 e. The zero-order valence-corrected chi connectivity index (χ0v) is 18.0. The van der Waals surface area contributed by atoms with Crippen LogP contribution in [0, 0.1) is 24.6 Å². The average molecular weight is 455 g/mol. The van der Waals surface area contributed by atoms with E-state index >= 15 is 0 Å². The molecule has 0 saturated carbocycles. The van der Waals surface area contributed by atoms with Crippen molar-refractivity contribution in [1.82, 2.24) is 0 Å². The van der Waals surface area contributed by atoms with Gasteiger partial charge in [0.05, 0.1) is 23.6 Å². The van der Waals surface area contributed by atoms with Gasteiger partial charge in [-0.3, -0.25) is 19.2 Å². The van der Waals surface area contributed by atoms with E-state index < -0.39 is 52.7 Å². The number of rotatable bonds is 2. The first-order chi connectivity index (χ1) is 16.3. The van der Waals surface area contributed by atoms with Crippen LogP contribution in [-0.4, -0.2) is 29.0 Å². The molecule has 0 N–H and O–H groups in total. The molecule has 2 heterocycles. The molecule has 0 radical (unpaired) electrons. The summed E-state index contributed by atoms with van der Waals surface area (Å²) in [6, 6.07) is 18.6. The lowest BCUT2D eigenvalue weighted by atomic mass is 9.77. The number of nitrogens with zero attached hydrogens (tertiary/aromatic N) is 1. The predicted molar refractivity (Wildman–Crippen MR) is 119 cm³/mol. The first-order valence-corrected chi connectivity index (χ1v) is 10.9. The summed E-state index contributed by atoms with van der Waals surface area (Å²) in [5, 5.41) is 0. The number of fused-ring (bicyclic) bond motifs is 3. The van der Waals surface area contributed by atoms with Gasteiger partial charge in [-0.2, -0.15) is 0 Å². The Morgan fingerprint density at radius 3 is 2.09 bits per heavy atom. The van der Waals surface area contributed by atoms with Crippen molar-refractivity contribution in [3.8, 4) is 0 Å². The van der Waals surface area contributed by atoms with E-state index in [0.717, 1.165) is 16.5 Å². The quantitative estimate of drug-likeness (QED) is 0.433. The second-order valence-corrected chi connectivity index (χ2v) is 8.88. The number of halogens is 1. The van der Waals surface area contributed by atoms with E-state index in [9.17, 15) is 23.6 Å². The molecule has 3 aliphatic rings. The monoisotopic (exact) mass is 455 g/mol. The van der Waals surface area contributed by atoms with Crippen molar-refractivity contribution >= 4 is 29.1 Å². The highest BCUT2D eigenvalue weighted by molar-refractivity contribution is 6.37. The molecule has 1 spiro atoms. The number of carbonyl (C=O) groups is 4. The Hall–Kier alpha value is -3.97. The Morgan fingerprint density at radius 1 is 0.824 bits per heavy atom. The van der Waals surface area contributed by atoms with Gasteiger partial charge in [0.1, 0.15) is 5.82 Å². The van der Waals surface area contributed by atoms with Gasteiger partial charge in [-0.05, 0) is 30.7 Å². The maximum absolute atomic E-state index is 14.0. The number of Topliss-reactive ketones (excluding diaryl/α,β-unsaturated/α-hetero) is 2. The second-order valence-electron chi connectivity index (χ2n) is 8.88. The van der Waals surface area contributed by atoms with E-state index in [0.29, 0.717) is 5.56 Å². The fourth-order valence-corrected chi connectivity index (χ4v) is 5.44. The van der Waals surface area contributed by atoms with Crippen molar-refractivity contribution in [2.45, 2.75) is 18.6 Å². The molecule has 2 saturated heterocycles. The molecule has 168 valence electrons. The van der Waals surface area contributed by atoms with Crippen LogP contribution in [0.1, 0.15) is 37.9 Å². The number of imide groups is 1. The lowest BCUT2D eigenvalue weighted by Crippen LogP contribution is -2.51. The minimum absolute atomic E-state index is 0.0533. The summed E-state index contributed by atoms with van der Waals surface area (Å²) >= 11 is 0. The number of ether oxygens (including phenoxy) is 1. The summed E-state index contributed by atoms with van der Waals surface area (Å²) in [6.45, 7) is 1.90. The van der Waals surface area contributed by atoms with Crippen LogP contribution in [0.4, 0.5) is 10.1 Å². The smallest absolute Gasteiger partial charge is 0.241 e. The van der Waals surface area contributed by atoms with Crippen LogP contribution < -0.4 is 4.90 Å². The summed E-state index contributed by atoms with van der Waals surface area (Å²) in [4.78, 5) is 55.6. The molecule has 3 atom stereocenters. The number of anilines is 1. The zero-order chi connectivity index (χ0) is 23.8. The maximum Gasteiger partial charge on any atom is 0.241 e. The Morgan fingerprint density at radius 2 is 1.47 bits per heavy atom. The number of aryl methyl sites for hydroxylation is 1.